The van der Waals surface area contributed by atoms with Crippen LogP contribution in [0.1, 0.15) is 25.5 Å². The first kappa shape index (κ1) is 9.13. The number of furan rings is 1. The highest BCUT2D eigenvalue weighted by molar-refractivity contribution is 5.25. The maximum atomic E-state index is 5.41. The number of nitrogen functional groups attached to an aromatic ring is 1. The molecule has 0 fully saturated rings. The minimum absolute atomic E-state index is 0.488. The highest BCUT2D eigenvalue weighted by Crippen LogP contribution is 2.08. The predicted octanol–water partition coefficient (Wildman–Crippen LogP) is 1.75. The second kappa shape index (κ2) is 4.83. The Morgan fingerprint density at radius 1 is 1.50 bits per heavy atom. The van der Waals surface area contributed by atoms with E-state index in [9.17, 15) is 0 Å². The minimum atomic E-state index is 0.488. The summed E-state index contributed by atoms with van der Waals surface area (Å²) in [4.78, 5) is 0. The van der Waals surface area contributed by atoms with E-state index in [4.69, 9.17) is 10.2 Å². The summed E-state index contributed by atoms with van der Waals surface area (Å²) in [5.74, 6) is 1.39. The number of unbranched alkanes of at least 4 members (excludes halogenated alkanes) is 1. The Kier molecular flexibility index (Phi) is 3.67. The summed E-state index contributed by atoms with van der Waals surface area (Å²) in [5.41, 5.74) is 5.41. The highest BCUT2D eigenvalue weighted by atomic mass is 16.4. The molecule has 1 aromatic rings. The molecule has 1 aromatic heterocycles. The first-order valence-corrected chi connectivity index (χ1v) is 4.38. The summed E-state index contributed by atoms with van der Waals surface area (Å²) < 4.78 is 5.18. The van der Waals surface area contributed by atoms with Crippen LogP contribution in [0.15, 0.2) is 16.5 Å². The van der Waals surface area contributed by atoms with Crippen molar-refractivity contribution in [1.29, 1.82) is 0 Å². The van der Waals surface area contributed by atoms with Gasteiger partial charge in [-0.1, -0.05) is 13.3 Å². The smallest absolute Gasteiger partial charge is 0.190 e. The molecule has 0 amide bonds. The Hall–Kier alpha value is -0.960. The summed E-state index contributed by atoms with van der Waals surface area (Å²) in [7, 11) is 0. The molecule has 0 aliphatic heterocycles. The Bertz CT molecular complexity index is 220. The van der Waals surface area contributed by atoms with Crippen molar-refractivity contribution in [3.05, 3.63) is 17.9 Å². The van der Waals surface area contributed by atoms with E-state index in [0.29, 0.717) is 5.88 Å². The second-order valence-electron chi connectivity index (χ2n) is 2.83. The topological polar surface area (TPSA) is 51.2 Å². The summed E-state index contributed by atoms with van der Waals surface area (Å²) in [5, 5.41) is 3.27. The van der Waals surface area contributed by atoms with E-state index in [1.807, 2.05) is 6.07 Å². The van der Waals surface area contributed by atoms with Crippen molar-refractivity contribution in [3.8, 4) is 0 Å². The number of nitrogens with one attached hydrogen (secondary N) is 1. The summed E-state index contributed by atoms with van der Waals surface area (Å²) in [6, 6.07) is 3.67. The minimum Gasteiger partial charge on any atom is -0.445 e. The molecular formula is C9H16N2O. The van der Waals surface area contributed by atoms with Gasteiger partial charge in [0, 0.05) is 6.07 Å². The van der Waals surface area contributed by atoms with Crippen molar-refractivity contribution >= 4 is 5.88 Å². The van der Waals surface area contributed by atoms with Crippen molar-refractivity contribution in [3.63, 3.8) is 0 Å². The van der Waals surface area contributed by atoms with Gasteiger partial charge >= 0.3 is 0 Å². The number of rotatable bonds is 5. The molecule has 0 spiro atoms. The fourth-order valence-electron chi connectivity index (χ4n) is 1.00. The molecule has 0 aliphatic carbocycles. The van der Waals surface area contributed by atoms with Crippen molar-refractivity contribution < 1.29 is 4.42 Å². The van der Waals surface area contributed by atoms with Gasteiger partial charge in [-0.15, -0.1) is 0 Å². The Morgan fingerprint density at radius 2 is 2.33 bits per heavy atom. The lowest BCUT2D eigenvalue weighted by molar-refractivity contribution is 0.494. The maximum absolute atomic E-state index is 5.41. The van der Waals surface area contributed by atoms with Crippen LogP contribution in [0, 0.1) is 0 Å². The lowest BCUT2D eigenvalue weighted by Gasteiger charge is -1.99. The van der Waals surface area contributed by atoms with Gasteiger partial charge in [0.25, 0.3) is 0 Å². The Labute approximate surface area is 72.9 Å². The zero-order chi connectivity index (χ0) is 8.81. The molecule has 0 radical (unpaired) electrons. The SMILES string of the molecule is CCCCNCc1ccc(N)o1. The van der Waals surface area contributed by atoms with Gasteiger partial charge in [-0.25, -0.2) is 0 Å². The van der Waals surface area contributed by atoms with Crippen LogP contribution in [0.2, 0.25) is 0 Å². The molecule has 1 rings (SSSR count). The lowest BCUT2D eigenvalue weighted by Crippen LogP contribution is -2.13. The number of nitrogens with two attached hydrogens (primary N) is 1. The highest BCUT2D eigenvalue weighted by Gasteiger charge is 1.96. The van der Waals surface area contributed by atoms with Crippen LogP contribution < -0.4 is 11.1 Å². The van der Waals surface area contributed by atoms with Gasteiger partial charge < -0.3 is 15.5 Å². The summed E-state index contributed by atoms with van der Waals surface area (Å²) in [6.07, 6.45) is 2.42. The molecule has 0 saturated carbocycles. The van der Waals surface area contributed by atoms with Gasteiger partial charge in [-0.3, -0.25) is 0 Å². The van der Waals surface area contributed by atoms with Gasteiger partial charge in [0.05, 0.1) is 6.54 Å². The van der Waals surface area contributed by atoms with Gasteiger partial charge in [0.2, 0.25) is 0 Å². The number of hydrogen-bond donors (Lipinski definition) is 2. The van der Waals surface area contributed by atoms with Crippen molar-refractivity contribution in [2.75, 3.05) is 12.3 Å². The van der Waals surface area contributed by atoms with E-state index in [2.05, 4.69) is 12.2 Å². The quantitative estimate of drug-likeness (QED) is 0.658. The van der Waals surface area contributed by atoms with Gasteiger partial charge in [-0.05, 0) is 19.0 Å². The molecule has 3 nitrogen and oxygen atoms in total. The number of hydrogen-bond acceptors (Lipinski definition) is 3. The van der Waals surface area contributed by atoms with Crippen molar-refractivity contribution in [2.24, 2.45) is 0 Å². The summed E-state index contributed by atoms with van der Waals surface area (Å²) in [6.45, 7) is 3.99. The van der Waals surface area contributed by atoms with E-state index < -0.39 is 0 Å². The monoisotopic (exact) mass is 168 g/mol. The van der Waals surface area contributed by atoms with E-state index in [1.54, 1.807) is 6.07 Å². The lowest BCUT2D eigenvalue weighted by atomic mass is 10.3. The molecule has 0 aliphatic rings. The second-order valence-corrected chi connectivity index (χ2v) is 2.83. The average Bonchev–Trinajstić information content (AvgIpc) is 2.45. The largest absolute Gasteiger partial charge is 0.445 e. The van der Waals surface area contributed by atoms with Crippen LogP contribution in [0.3, 0.4) is 0 Å². The molecule has 12 heavy (non-hydrogen) atoms. The molecule has 0 bridgehead atoms. The van der Waals surface area contributed by atoms with Crippen molar-refractivity contribution in [1.82, 2.24) is 5.32 Å². The molecule has 0 atom stereocenters. The molecule has 3 heteroatoms. The molecule has 0 unspecified atom stereocenters. The molecule has 1 heterocycles. The Balaban J connectivity index is 2.15. The molecule has 0 saturated heterocycles. The van der Waals surface area contributed by atoms with Crippen LogP contribution in [0.25, 0.3) is 0 Å². The van der Waals surface area contributed by atoms with E-state index >= 15 is 0 Å². The Morgan fingerprint density at radius 3 is 2.92 bits per heavy atom. The maximum Gasteiger partial charge on any atom is 0.190 e. The fraction of sp³-hybridized carbons (Fsp3) is 0.556. The first-order chi connectivity index (χ1) is 5.83. The van der Waals surface area contributed by atoms with E-state index in [1.165, 1.54) is 12.8 Å². The predicted molar refractivity (Wildman–Crippen MR) is 49.7 cm³/mol. The van der Waals surface area contributed by atoms with Crippen molar-refractivity contribution in [2.45, 2.75) is 26.3 Å². The third kappa shape index (κ3) is 2.96. The van der Waals surface area contributed by atoms with E-state index in [0.717, 1.165) is 18.8 Å². The normalized spacial score (nSPS) is 10.4. The zero-order valence-electron chi connectivity index (χ0n) is 7.47. The molecule has 68 valence electrons. The van der Waals surface area contributed by atoms with Crippen LogP contribution >= 0.6 is 0 Å². The van der Waals surface area contributed by atoms with Crippen LogP contribution in [0.5, 0.6) is 0 Å². The third-order valence-electron chi connectivity index (χ3n) is 1.69. The van der Waals surface area contributed by atoms with Gasteiger partial charge in [0.15, 0.2) is 5.88 Å². The van der Waals surface area contributed by atoms with E-state index in [-0.39, 0.29) is 0 Å². The summed E-state index contributed by atoms with van der Waals surface area (Å²) >= 11 is 0. The fourth-order valence-corrected chi connectivity index (χ4v) is 1.00. The van der Waals surface area contributed by atoms with Gasteiger partial charge in [0.1, 0.15) is 5.76 Å². The zero-order valence-corrected chi connectivity index (χ0v) is 7.47. The average molecular weight is 168 g/mol. The van der Waals surface area contributed by atoms with Gasteiger partial charge in [-0.2, -0.15) is 0 Å². The van der Waals surface area contributed by atoms with Crippen LogP contribution in [-0.4, -0.2) is 6.54 Å². The van der Waals surface area contributed by atoms with Crippen LogP contribution in [0.4, 0.5) is 5.88 Å². The first-order valence-electron chi connectivity index (χ1n) is 4.38. The standard InChI is InChI=1S/C9H16N2O/c1-2-3-6-11-7-8-4-5-9(10)12-8/h4-5,11H,2-3,6-7,10H2,1H3. The molecule has 3 N–H and O–H groups in total. The van der Waals surface area contributed by atoms with Crippen LogP contribution in [-0.2, 0) is 6.54 Å². The molecule has 0 aromatic carbocycles. The number of anilines is 1. The molecular weight excluding hydrogens is 152 g/mol. The third-order valence-corrected chi connectivity index (χ3v) is 1.69.